The van der Waals surface area contributed by atoms with Gasteiger partial charge in [0.15, 0.2) is 17.8 Å². The number of hydrogen-bond donors (Lipinski definition) is 2. The van der Waals surface area contributed by atoms with Crippen molar-refractivity contribution in [1.82, 2.24) is 9.80 Å². The Hall–Kier alpha value is -4.06. The van der Waals surface area contributed by atoms with Gasteiger partial charge in [-0.1, -0.05) is 24.3 Å². The normalized spacial score (nSPS) is 15.0. The summed E-state index contributed by atoms with van der Waals surface area (Å²) in [6, 6.07) is 13.7. The number of rotatable bonds is 12. The van der Waals surface area contributed by atoms with Crippen LogP contribution in [-0.4, -0.2) is 115 Å². The quantitative estimate of drug-likeness (QED) is 0.118. The molecule has 0 aromatic heterocycles. The van der Waals surface area contributed by atoms with Crippen LogP contribution in [0.2, 0.25) is 0 Å². The third-order valence-corrected chi connectivity index (χ3v) is 8.53. The molecule has 2 aliphatic heterocycles. The van der Waals surface area contributed by atoms with Gasteiger partial charge in [-0.15, -0.1) is 11.6 Å². The molecule has 1 atom stereocenters. The van der Waals surface area contributed by atoms with Crippen molar-refractivity contribution in [2.75, 3.05) is 91.3 Å². The highest BCUT2D eigenvalue weighted by Crippen LogP contribution is 2.44. The first-order chi connectivity index (χ1) is 23.3. The largest absolute Gasteiger partial charge is 0.496 e. The maximum absolute atomic E-state index is 10.8. The van der Waals surface area contributed by atoms with Crippen molar-refractivity contribution in [2.24, 2.45) is 0 Å². The lowest BCUT2D eigenvalue weighted by Gasteiger charge is -2.29. The summed E-state index contributed by atoms with van der Waals surface area (Å²) in [7, 11) is 8.42. The fourth-order valence-corrected chi connectivity index (χ4v) is 5.74. The van der Waals surface area contributed by atoms with Gasteiger partial charge in [-0.3, -0.25) is 9.59 Å². The second-order valence-corrected chi connectivity index (χ2v) is 11.7. The molecule has 5 rings (SSSR count). The number of nitrogens with two attached hydrogens (primary N) is 1. The summed E-state index contributed by atoms with van der Waals surface area (Å²) in [4.78, 5) is 37.4. The summed E-state index contributed by atoms with van der Waals surface area (Å²) in [5, 5.41) is 9.44. The van der Waals surface area contributed by atoms with Crippen molar-refractivity contribution in [1.29, 1.82) is 0 Å². The Bertz CT molecular complexity index is 1430. The lowest BCUT2D eigenvalue weighted by Crippen LogP contribution is -2.43. The zero-order valence-electron chi connectivity index (χ0n) is 28.8. The Balaban J connectivity index is 0.000000257. The maximum atomic E-state index is 10.8. The topological polar surface area (TPSA) is 135 Å². The summed E-state index contributed by atoms with van der Waals surface area (Å²) in [6.45, 7) is 5.31. The van der Waals surface area contributed by atoms with Crippen LogP contribution in [0.25, 0.3) is 10.8 Å². The molecular weight excluding hydrogens is 636 g/mol. The number of piperazine rings is 1. The number of nitrogen functional groups attached to an aromatic ring is 1. The maximum Gasteiger partial charge on any atom is 0.209 e. The van der Waals surface area contributed by atoms with Crippen LogP contribution in [0.5, 0.6) is 17.2 Å². The lowest BCUT2D eigenvalue weighted by atomic mass is 9.95. The number of ether oxygens (including phenoxy) is 3. The fourth-order valence-electron chi connectivity index (χ4n) is 5.49. The zero-order chi connectivity index (χ0) is 35.5. The number of carbonyl (C=O) groups is 3. The molecule has 2 heterocycles. The number of aldehydes is 2. The van der Waals surface area contributed by atoms with Gasteiger partial charge in [-0.25, -0.2) is 0 Å². The number of halogens is 1. The number of hydrogen-bond acceptors (Lipinski definition) is 10. The van der Waals surface area contributed by atoms with Gasteiger partial charge in [-0.2, -0.15) is 0 Å². The standard InChI is InChI=1S/C15H16ClNO.C14H19NO4.C6H12N2O.CH4O/c1-17-9-10(8-16)15-12-6-4-3-5-11(12)14(18-2)7-13(15)17;1-18-13-8-11(10-17)12(15)9-14(13)19-7-5-3-2-4-6-16;1-7-2-4-8(6-9)5-3-7;1-2/h3-7,10H,8-9H2,1-2H3;6,8-10H,2-5,7,15H2,1H3;6H,2-5H2,1H3;2H,1H3. The van der Waals surface area contributed by atoms with Crippen molar-refractivity contribution in [3.05, 3.63) is 53.6 Å². The highest BCUT2D eigenvalue weighted by atomic mass is 35.5. The highest BCUT2D eigenvalue weighted by Gasteiger charge is 2.29. The molecule has 1 fully saturated rings. The minimum atomic E-state index is 0.367. The van der Waals surface area contributed by atoms with Gasteiger partial charge >= 0.3 is 0 Å². The third-order valence-electron chi connectivity index (χ3n) is 8.15. The molecule has 0 aliphatic carbocycles. The summed E-state index contributed by atoms with van der Waals surface area (Å²) in [5.74, 6) is 3.02. The van der Waals surface area contributed by atoms with E-state index in [0.29, 0.717) is 53.9 Å². The Labute approximate surface area is 289 Å². The number of benzene rings is 3. The molecular formula is C36H51ClN4O7. The summed E-state index contributed by atoms with van der Waals surface area (Å²) in [5.41, 5.74) is 9.08. The van der Waals surface area contributed by atoms with Gasteiger partial charge in [0, 0.05) is 99.6 Å². The van der Waals surface area contributed by atoms with E-state index in [1.54, 1.807) is 24.1 Å². The lowest BCUT2D eigenvalue weighted by molar-refractivity contribution is -0.119. The number of nitrogens with zero attached hydrogens (tertiary/aromatic N) is 3. The monoisotopic (exact) mass is 686 g/mol. The summed E-state index contributed by atoms with van der Waals surface area (Å²) < 4.78 is 16.2. The van der Waals surface area contributed by atoms with E-state index in [1.807, 2.05) is 6.07 Å². The molecule has 0 radical (unpaired) electrons. The van der Waals surface area contributed by atoms with Crippen LogP contribution in [0.1, 0.15) is 47.5 Å². The molecule has 11 nitrogen and oxygen atoms in total. The molecule has 3 aromatic rings. The van der Waals surface area contributed by atoms with Crippen LogP contribution in [0.3, 0.4) is 0 Å². The van der Waals surface area contributed by atoms with Gasteiger partial charge in [0.1, 0.15) is 12.0 Å². The van der Waals surface area contributed by atoms with Crippen LogP contribution in [0.15, 0.2) is 42.5 Å². The Kier molecular flexibility index (Phi) is 18.2. The van der Waals surface area contributed by atoms with Gasteiger partial charge in [0.05, 0.1) is 20.8 Å². The van der Waals surface area contributed by atoms with Gasteiger partial charge in [0.25, 0.3) is 0 Å². The van der Waals surface area contributed by atoms with Crippen LogP contribution >= 0.6 is 11.6 Å². The minimum Gasteiger partial charge on any atom is -0.496 e. The Morgan fingerprint density at radius 1 is 0.896 bits per heavy atom. The molecule has 0 saturated carbocycles. The molecule has 1 unspecified atom stereocenters. The van der Waals surface area contributed by atoms with Crippen molar-refractivity contribution in [2.45, 2.75) is 31.6 Å². The fraction of sp³-hybridized carbons (Fsp3) is 0.472. The van der Waals surface area contributed by atoms with E-state index in [1.165, 1.54) is 29.1 Å². The van der Waals surface area contributed by atoms with E-state index in [-0.39, 0.29) is 0 Å². The second-order valence-electron chi connectivity index (χ2n) is 11.3. The Morgan fingerprint density at radius 2 is 1.56 bits per heavy atom. The van der Waals surface area contributed by atoms with Crippen molar-refractivity contribution in [3.8, 4) is 17.2 Å². The van der Waals surface area contributed by atoms with E-state index in [2.05, 4.69) is 48.2 Å². The predicted octanol–water partition coefficient (Wildman–Crippen LogP) is 4.85. The number of likely N-dealkylation sites (N-methyl/N-ethyl adjacent to an activating group) is 2. The van der Waals surface area contributed by atoms with Crippen LogP contribution < -0.4 is 24.8 Å². The first-order valence-electron chi connectivity index (χ1n) is 16.0. The molecule has 264 valence electrons. The smallest absolute Gasteiger partial charge is 0.209 e. The van der Waals surface area contributed by atoms with E-state index >= 15 is 0 Å². The second kappa shape index (κ2) is 21.7. The van der Waals surface area contributed by atoms with E-state index in [9.17, 15) is 14.4 Å². The first kappa shape index (κ1) is 40.1. The van der Waals surface area contributed by atoms with E-state index < -0.39 is 0 Å². The van der Waals surface area contributed by atoms with Gasteiger partial charge < -0.3 is 44.5 Å². The molecule has 1 amide bonds. The van der Waals surface area contributed by atoms with Gasteiger partial charge in [-0.05, 0) is 43.3 Å². The SMILES string of the molecule is CN1CCN(C=O)CC1.CO.COc1cc(C=O)c(N)cc1OCCCCCC=O.COc1cc2c(c3ccccc13)C(CCl)CN2C. The summed E-state index contributed by atoms with van der Waals surface area (Å²) in [6.07, 6.45) is 5.77. The molecule has 48 heavy (non-hydrogen) atoms. The predicted molar refractivity (Wildman–Crippen MR) is 193 cm³/mol. The number of aliphatic hydroxyl groups is 1. The van der Waals surface area contributed by atoms with Gasteiger partial charge in [0.2, 0.25) is 6.41 Å². The van der Waals surface area contributed by atoms with Crippen LogP contribution in [0, 0.1) is 0 Å². The molecule has 3 N–H and O–H groups in total. The molecule has 1 saturated heterocycles. The van der Waals surface area contributed by atoms with Crippen molar-refractivity contribution in [3.63, 3.8) is 0 Å². The van der Waals surface area contributed by atoms with Crippen LogP contribution in [0.4, 0.5) is 11.4 Å². The van der Waals surface area contributed by atoms with Crippen LogP contribution in [-0.2, 0) is 9.59 Å². The number of fused-ring (bicyclic) bond motifs is 3. The molecule has 3 aromatic carbocycles. The minimum absolute atomic E-state index is 0.367. The third kappa shape index (κ3) is 11.3. The number of aliphatic hydroxyl groups excluding tert-OH is 1. The van der Waals surface area contributed by atoms with E-state index in [0.717, 1.165) is 77.5 Å². The van der Waals surface area contributed by atoms with Crippen molar-refractivity contribution >= 4 is 52.7 Å². The van der Waals surface area contributed by atoms with E-state index in [4.69, 9.17) is 36.7 Å². The zero-order valence-corrected chi connectivity index (χ0v) is 29.6. The number of alkyl halides is 1. The number of amides is 1. The van der Waals surface area contributed by atoms with Crippen molar-refractivity contribution < 1.29 is 33.7 Å². The molecule has 2 aliphatic rings. The Morgan fingerprint density at radius 3 is 2.15 bits per heavy atom. The number of carbonyl (C=O) groups excluding carboxylic acids is 3. The number of methoxy groups -OCH3 is 2. The molecule has 0 bridgehead atoms. The molecule has 12 heteroatoms. The average molecular weight is 687 g/mol. The summed E-state index contributed by atoms with van der Waals surface area (Å²) >= 11 is 6.12. The molecule has 0 spiro atoms. The number of unbranched alkanes of at least 4 members (excludes halogenated alkanes) is 3. The first-order valence-corrected chi connectivity index (χ1v) is 16.5. The highest BCUT2D eigenvalue weighted by molar-refractivity contribution is 6.18. The average Bonchev–Trinajstić information content (AvgIpc) is 3.46. The number of anilines is 2.